The van der Waals surface area contributed by atoms with E-state index in [4.69, 9.17) is 26.8 Å². The van der Waals surface area contributed by atoms with Crippen LogP contribution in [0.25, 0.3) is 17.2 Å². The third-order valence-corrected chi connectivity index (χ3v) is 8.67. The third kappa shape index (κ3) is 8.51. The van der Waals surface area contributed by atoms with Gasteiger partial charge in [-0.05, 0) is 59.2 Å². The molecule has 3 aromatic rings. The van der Waals surface area contributed by atoms with Gasteiger partial charge in [0.1, 0.15) is 22.4 Å². The summed E-state index contributed by atoms with van der Waals surface area (Å²) in [5.41, 5.74) is 2.06. The van der Waals surface area contributed by atoms with E-state index < -0.39 is 17.6 Å². The highest BCUT2D eigenvalue weighted by Crippen LogP contribution is 2.36. The Balaban J connectivity index is 1.27. The SMILES string of the molecule is O=C(CCN1C(=O)/C(=C/c2cc(-c3ccc(F)c(F)c3)ccc2OCCN2CCOCC2)SC1=S)NCc1ccnc(C(=O)O)c1. The first-order valence-electron chi connectivity index (χ1n) is 14.4. The van der Waals surface area contributed by atoms with Crippen molar-refractivity contribution >= 4 is 52.2 Å². The van der Waals surface area contributed by atoms with E-state index in [1.807, 2.05) is 0 Å². The van der Waals surface area contributed by atoms with Crippen LogP contribution in [0, 0.1) is 11.6 Å². The number of amides is 2. The molecule has 2 aliphatic heterocycles. The van der Waals surface area contributed by atoms with Gasteiger partial charge in [0.15, 0.2) is 11.6 Å². The molecule has 46 heavy (non-hydrogen) atoms. The van der Waals surface area contributed by atoms with Gasteiger partial charge in [-0.3, -0.25) is 19.4 Å². The Bertz CT molecular complexity index is 1680. The van der Waals surface area contributed by atoms with Crippen LogP contribution in [0.5, 0.6) is 5.75 Å². The standard InChI is InChI=1S/C32H30F2N4O6S2/c33-24-3-1-22(17-25(24)34)21-2-4-27(44-14-11-37-9-12-43-13-10-37)23(16-21)18-28-30(40)38(32(45)46-28)8-6-29(39)36-19-20-5-7-35-26(15-20)31(41)42/h1-5,7,15-18H,6,8-14,19H2,(H,36,39)(H,41,42)/b28-18-. The number of aromatic nitrogens is 1. The number of carbonyl (C=O) groups excluding carboxylic acids is 2. The number of carbonyl (C=O) groups is 3. The highest BCUT2D eigenvalue weighted by molar-refractivity contribution is 8.26. The molecule has 2 fully saturated rings. The van der Waals surface area contributed by atoms with E-state index in [1.165, 1.54) is 23.2 Å². The number of ether oxygens (including phenoxy) is 2. The summed E-state index contributed by atoms with van der Waals surface area (Å²) in [5, 5.41) is 11.8. The minimum absolute atomic E-state index is 0.0297. The summed E-state index contributed by atoms with van der Waals surface area (Å²) in [6.07, 6.45) is 2.97. The number of nitrogens with zero attached hydrogens (tertiary/aromatic N) is 3. The molecule has 2 saturated heterocycles. The average molecular weight is 669 g/mol. The molecule has 0 spiro atoms. The molecule has 3 heterocycles. The van der Waals surface area contributed by atoms with Crippen molar-refractivity contribution in [2.75, 3.05) is 46.0 Å². The van der Waals surface area contributed by atoms with Crippen molar-refractivity contribution in [3.63, 3.8) is 0 Å². The van der Waals surface area contributed by atoms with Crippen molar-refractivity contribution in [1.82, 2.24) is 20.1 Å². The van der Waals surface area contributed by atoms with Gasteiger partial charge in [0.2, 0.25) is 5.91 Å². The fraction of sp³-hybridized carbons (Fsp3) is 0.281. The maximum Gasteiger partial charge on any atom is 0.354 e. The van der Waals surface area contributed by atoms with E-state index in [1.54, 1.807) is 30.3 Å². The predicted molar refractivity (Wildman–Crippen MR) is 172 cm³/mol. The van der Waals surface area contributed by atoms with Gasteiger partial charge in [-0.1, -0.05) is 36.1 Å². The highest BCUT2D eigenvalue weighted by atomic mass is 32.2. The number of pyridine rings is 1. The first-order valence-corrected chi connectivity index (χ1v) is 15.6. The van der Waals surface area contributed by atoms with E-state index in [0.717, 1.165) is 37.0 Å². The van der Waals surface area contributed by atoms with Crippen LogP contribution >= 0.6 is 24.0 Å². The maximum atomic E-state index is 14.0. The second-order valence-corrected chi connectivity index (χ2v) is 12.1. The number of thiocarbonyl (C=S) groups is 1. The number of rotatable bonds is 12. The van der Waals surface area contributed by atoms with E-state index >= 15 is 0 Å². The fourth-order valence-electron chi connectivity index (χ4n) is 4.80. The lowest BCUT2D eigenvalue weighted by atomic mass is 10.0. The molecule has 0 radical (unpaired) electrons. The first kappa shape index (κ1) is 33.1. The summed E-state index contributed by atoms with van der Waals surface area (Å²) in [4.78, 5) is 44.7. The Labute approximate surface area is 273 Å². The van der Waals surface area contributed by atoms with Crippen molar-refractivity contribution in [3.8, 4) is 16.9 Å². The quantitative estimate of drug-likeness (QED) is 0.213. The zero-order valence-corrected chi connectivity index (χ0v) is 26.2. The normalized spacial score (nSPS) is 16.2. The van der Waals surface area contributed by atoms with Crippen molar-refractivity contribution in [3.05, 3.63) is 88.1 Å². The summed E-state index contributed by atoms with van der Waals surface area (Å²) < 4.78 is 39.4. The van der Waals surface area contributed by atoms with Crippen molar-refractivity contribution in [2.24, 2.45) is 0 Å². The summed E-state index contributed by atoms with van der Waals surface area (Å²) in [5.74, 6) is -3.30. The number of benzene rings is 2. The number of hydrogen-bond donors (Lipinski definition) is 2. The van der Waals surface area contributed by atoms with E-state index in [0.29, 0.717) is 59.3 Å². The van der Waals surface area contributed by atoms with Crippen molar-refractivity contribution < 1.29 is 37.7 Å². The number of thioether (sulfide) groups is 1. The van der Waals surface area contributed by atoms with Crippen molar-refractivity contribution in [2.45, 2.75) is 13.0 Å². The Hall–Kier alpha value is -4.24. The zero-order valence-electron chi connectivity index (χ0n) is 24.5. The molecule has 2 aliphatic rings. The Morgan fingerprint density at radius 2 is 1.83 bits per heavy atom. The van der Waals surface area contributed by atoms with Gasteiger partial charge in [-0.15, -0.1) is 0 Å². The van der Waals surface area contributed by atoms with Gasteiger partial charge in [0.25, 0.3) is 5.91 Å². The Morgan fingerprint density at radius 3 is 2.59 bits per heavy atom. The lowest BCUT2D eigenvalue weighted by Crippen LogP contribution is -2.38. The second kappa shape index (κ2) is 15.4. The number of morpholine rings is 1. The average Bonchev–Trinajstić information content (AvgIpc) is 3.32. The number of hydrogen-bond acceptors (Lipinski definition) is 9. The molecule has 0 saturated carbocycles. The van der Waals surface area contributed by atoms with Gasteiger partial charge in [-0.25, -0.2) is 18.6 Å². The lowest BCUT2D eigenvalue weighted by molar-refractivity contribution is -0.123. The molecule has 2 N–H and O–H groups in total. The molecule has 2 amide bonds. The topological polar surface area (TPSA) is 121 Å². The molecule has 1 aromatic heterocycles. The molecule has 2 aromatic carbocycles. The monoisotopic (exact) mass is 668 g/mol. The summed E-state index contributed by atoms with van der Waals surface area (Å²) >= 11 is 6.55. The highest BCUT2D eigenvalue weighted by Gasteiger charge is 2.32. The molecule has 0 atom stereocenters. The number of carboxylic acid groups (broad SMARTS) is 1. The molecule has 0 unspecified atom stereocenters. The van der Waals surface area contributed by atoms with Crippen LogP contribution in [-0.2, 0) is 20.9 Å². The third-order valence-electron chi connectivity index (χ3n) is 7.29. The van der Waals surface area contributed by atoms with E-state index in [9.17, 15) is 23.2 Å². The van der Waals surface area contributed by atoms with Gasteiger partial charge in [0.05, 0.1) is 18.1 Å². The zero-order chi connectivity index (χ0) is 32.6. The van der Waals surface area contributed by atoms with E-state index in [2.05, 4.69) is 15.2 Å². The summed E-state index contributed by atoms with van der Waals surface area (Å²) in [6, 6.07) is 11.8. The van der Waals surface area contributed by atoms with Crippen LogP contribution in [-0.4, -0.2) is 88.0 Å². The van der Waals surface area contributed by atoms with Crippen LogP contribution in [0.2, 0.25) is 0 Å². The molecule has 240 valence electrons. The molecule has 0 bridgehead atoms. The number of carboxylic acids is 1. The summed E-state index contributed by atoms with van der Waals surface area (Å²) in [6.45, 7) is 4.15. The van der Waals surface area contributed by atoms with Gasteiger partial charge in [-0.2, -0.15) is 0 Å². The van der Waals surface area contributed by atoms with Crippen LogP contribution in [0.4, 0.5) is 8.78 Å². The number of nitrogens with one attached hydrogen (secondary N) is 1. The molecule has 10 nitrogen and oxygen atoms in total. The Kier molecular flexibility index (Phi) is 11.1. The van der Waals surface area contributed by atoms with Gasteiger partial charge in [0, 0.05) is 50.9 Å². The maximum absolute atomic E-state index is 14.0. The second-order valence-electron chi connectivity index (χ2n) is 10.4. The lowest BCUT2D eigenvalue weighted by Gasteiger charge is -2.26. The van der Waals surface area contributed by atoms with E-state index in [-0.39, 0.29) is 41.3 Å². The van der Waals surface area contributed by atoms with Crippen LogP contribution in [0.3, 0.4) is 0 Å². The summed E-state index contributed by atoms with van der Waals surface area (Å²) in [7, 11) is 0. The molecular weight excluding hydrogens is 639 g/mol. The van der Waals surface area contributed by atoms with Gasteiger partial charge >= 0.3 is 5.97 Å². The Morgan fingerprint density at radius 1 is 1.07 bits per heavy atom. The van der Waals surface area contributed by atoms with Crippen LogP contribution < -0.4 is 10.1 Å². The molecular formula is C32H30F2N4O6S2. The smallest absolute Gasteiger partial charge is 0.354 e. The largest absolute Gasteiger partial charge is 0.492 e. The van der Waals surface area contributed by atoms with Crippen LogP contribution in [0.1, 0.15) is 28.0 Å². The molecule has 14 heteroatoms. The van der Waals surface area contributed by atoms with Crippen LogP contribution in [0.15, 0.2) is 59.6 Å². The minimum atomic E-state index is -1.17. The number of aromatic carboxylic acids is 1. The molecule has 0 aliphatic carbocycles. The molecule has 5 rings (SSSR count). The first-order chi connectivity index (χ1) is 22.2. The van der Waals surface area contributed by atoms with Gasteiger partial charge < -0.3 is 19.9 Å². The van der Waals surface area contributed by atoms with Crippen molar-refractivity contribution in [1.29, 1.82) is 0 Å². The predicted octanol–water partition coefficient (Wildman–Crippen LogP) is 4.34. The fourth-order valence-corrected chi connectivity index (χ4v) is 6.09. The minimum Gasteiger partial charge on any atom is -0.492 e. The number of halogens is 2.